The highest BCUT2D eigenvalue weighted by molar-refractivity contribution is 6.16. The number of hydrogen-bond acceptors (Lipinski definition) is 3. The first-order chi connectivity index (χ1) is 25.7. The molecule has 0 fully saturated rings. The van der Waals surface area contributed by atoms with E-state index in [0.29, 0.717) is 11.0 Å². The highest BCUT2D eigenvalue weighted by Gasteiger charge is 2.45. The van der Waals surface area contributed by atoms with Gasteiger partial charge >= 0.3 is 0 Å². The number of furan rings is 1. The number of nitrogens with zero attached hydrogens (tertiary/aromatic N) is 1. The van der Waals surface area contributed by atoms with Gasteiger partial charge < -0.3 is 14.4 Å². The zero-order chi connectivity index (χ0) is 34.6. The number of benzene rings is 8. The number of hydrogen-bond donors (Lipinski definition) is 1. The lowest BCUT2D eigenvalue weighted by Crippen LogP contribution is -2.28. The van der Waals surface area contributed by atoms with Crippen LogP contribution in [0.1, 0.15) is 22.3 Å². The van der Waals surface area contributed by atoms with Gasteiger partial charge in [0.25, 0.3) is 0 Å². The Kier molecular flexibility index (Phi) is 6.87. The third-order valence-corrected chi connectivity index (χ3v) is 10.7. The van der Waals surface area contributed by atoms with Crippen LogP contribution < -0.4 is 4.90 Å². The van der Waals surface area contributed by atoms with Crippen molar-refractivity contribution in [2.75, 3.05) is 4.90 Å². The van der Waals surface area contributed by atoms with Crippen molar-refractivity contribution in [3.63, 3.8) is 0 Å². The smallest absolute Gasteiger partial charge is 0.163 e. The minimum absolute atomic E-state index is 0.189. The van der Waals surface area contributed by atoms with Gasteiger partial charge in [-0.05, 0) is 75.3 Å². The van der Waals surface area contributed by atoms with E-state index in [9.17, 15) is 5.11 Å². The molecule has 52 heavy (non-hydrogen) atoms. The molecule has 0 bridgehead atoms. The first kappa shape index (κ1) is 30.0. The second-order valence-corrected chi connectivity index (χ2v) is 13.4. The largest absolute Gasteiger partial charge is 0.507 e. The highest BCUT2D eigenvalue weighted by Crippen LogP contribution is 2.56. The molecule has 8 aromatic carbocycles. The molecule has 0 atom stereocenters. The Morgan fingerprint density at radius 2 is 0.962 bits per heavy atom. The van der Waals surface area contributed by atoms with E-state index in [-0.39, 0.29) is 5.75 Å². The highest BCUT2D eigenvalue weighted by atomic mass is 16.3. The molecule has 9 aromatic rings. The van der Waals surface area contributed by atoms with E-state index in [1.54, 1.807) is 6.07 Å². The molecule has 1 N–H and O–H groups in total. The minimum atomic E-state index is -0.483. The molecule has 0 spiro atoms. The minimum Gasteiger partial charge on any atom is -0.507 e. The first-order valence-electron chi connectivity index (χ1n) is 17.7. The summed E-state index contributed by atoms with van der Waals surface area (Å²) in [6.45, 7) is 0. The Balaban J connectivity index is 1.19. The number of fused-ring (bicyclic) bond motifs is 6. The average Bonchev–Trinajstić information content (AvgIpc) is 3.76. The van der Waals surface area contributed by atoms with Crippen LogP contribution in [-0.2, 0) is 5.41 Å². The lowest BCUT2D eigenvalue weighted by molar-refractivity contribution is 0.481. The van der Waals surface area contributed by atoms with E-state index in [2.05, 4.69) is 150 Å². The van der Waals surface area contributed by atoms with Gasteiger partial charge in [-0.3, -0.25) is 0 Å². The second-order valence-electron chi connectivity index (χ2n) is 13.4. The van der Waals surface area contributed by atoms with Crippen LogP contribution in [0.4, 0.5) is 17.1 Å². The zero-order valence-electron chi connectivity index (χ0n) is 28.3. The van der Waals surface area contributed by atoms with Gasteiger partial charge in [0.2, 0.25) is 0 Å². The number of aromatic hydroxyl groups is 1. The van der Waals surface area contributed by atoms with Crippen molar-refractivity contribution in [1.82, 2.24) is 0 Å². The normalized spacial score (nSPS) is 12.8. The number of phenols is 1. The molecule has 0 radical (unpaired) electrons. The topological polar surface area (TPSA) is 36.6 Å². The van der Waals surface area contributed by atoms with Crippen molar-refractivity contribution < 1.29 is 9.52 Å². The van der Waals surface area contributed by atoms with E-state index in [0.717, 1.165) is 39.2 Å². The molecule has 0 unspecified atom stereocenters. The number of phenolic OH excluding ortho intramolecular Hbond substituents is 1. The van der Waals surface area contributed by atoms with Gasteiger partial charge in [-0.1, -0.05) is 158 Å². The summed E-state index contributed by atoms with van der Waals surface area (Å²) in [5, 5.41) is 12.9. The van der Waals surface area contributed by atoms with Crippen molar-refractivity contribution in [3.8, 4) is 28.0 Å². The number of anilines is 3. The molecule has 0 saturated carbocycles. The van der Waals surface area contributed by atoms with Crippen molar-refractivity contribution in [2.24, 2.45) is 0 Å². The van der Waals surface area contributed by atoms with Crippen LogP contribution in [0.3, 0.4) is 0 Å². The summed E-state index contributed by atoms with van der Waals surface area (Å²) in [7, 11) is 0. The molecule has 0 amide bonds. The third-order valence-electron chi connectivity index (χ3n) is 10.7. The van der Waals surface area contributed by atoms with E-state index in [1.807, 2.05) is 42.5 Å². The molecule has 10 rings (SSSR count). The van der Waals surface area contributed by atoms with E-state index in [1.165, 1.54) is 33.4 Å². The molecule has 1 heterocycles. The fourth-order valence-corrected chi connectivity index (χ4v) is 8.47. The Bertz CT molecular complexity index is 2690. The molecule has 246 valence electrons. The quantitative estimate of drug-likeness (QED) is 0.192. The van der Waals surface area contributed by atoms with Crippen LogP contribution in [0.15, 0.2) is 199 Å². The molecule has 1 aliphatic carbocycles. The van der Waals surface area contributed by atoms with E-state index >= 15 is 0 Å². The molecule has 1 aromatic heterocycles. The average molecular weight is 668 g/mol. The predicted molar refractivity (Wildman–Crippen MR) is 213 cm³/mol. The molecule has 3 heteroatoms. The summed E-state index contributed by atoms with van der Waals surface area (Å²) in [4.78, 5) is 2.22. The molecule has 1 aliphatic rings. The van der Waals surface area contributed by atoms with Gasteiger partial charge in [0, 0.05) is 22.3 Å². The fraction of sp³-hybridized carbons (Fsp3) is 0.0204. The van der Waals surface area contributed by atoms with Gasteiger partial charge in [0.05, 0.1) is 16.5 Å². The van der Waals surface area contributed by atoms with E-state index in [4.69, 9.17) is 4.42 Å². The monoisotopic (exact) mass is 667 g/mol. The summed E-state index contributed by atoms with van der Waals surface area (Å²) in [6.07, 6.45) is 0. The summed E-state index contributed by atoms with van der Waals surface area (Å²) in [5.41, 5.74) is 13.3. The first-order valence-corrected chi connectivity index (χ1v) is 17.7. The van der Waals surface area contributed by atoms with Gasteiger partial charge in [-0.2, -0.15) is 0 Å². The summed E-state index contributed by atoms with van der Waals surface area (Å²) in [5.74, 6) is 0.189. The third kappa shape index (κ3) is 4.39. The number of rotatable bonds is 6. The van der Waals surface area contributed by atoms with Gasteiger partial charge in [-0.15, -0.1) is 0 Å². The van der Waals surface area contributed by atoms with Crippen LogP contribution in [-0.4, -0.2) is 5.11 Å². The van der Waals surface area contributed by atoms with Crippen LogP contribution in [0.2, 0.25) is 0 Å². The lowest BCUT2D eigenvalue weighted by atomic mass is 9.68. The molecular formula is C49H33NO2. The van der Waals surface area contributed by atoms with Crippen LogP contribution in [0, 0.1) is 0 Å². The van der Waals surface area contributed by atoms with Crippen molar-refractivity contribution in [2.45, 2.75) is 5.41 Å². The maximum Gasteiger partial charge on any atom is 0.163 e. The lowest BCUT2D eigenvalue weighted by Gasteiger charge is -2.34. The maximum absolute atomic E-state index is 11.3. The SMILES string of the molecule is Oc1ccc(N(c2ccccc2)c2ccc(C3(c4ccccc4)c4ccccc4-c4ccccc43)cc2)c2oc3c(-c4ccccc4)cccc3c12. The van der Waals surface area contributed by atoms with Crippen LogP contribution in [0.25, 0.3) is 44.2 Å². The second kappa shape index (κ2) is 11.9. The van der Waals surface area contributed by atoms with E-state index < -0.39 is 5.41 Å². The summed E-state index contributed by atoms with van der Waals surface area (Å²) >= 11 is 0. The molecule has 0 aliphatic heterocycles. The molecular weight excluding hydrogens is 635 g/mol. The Labute approximate surface area is 302 Å². The standard InChI is InChI=1S/C49H33NO2/c51-45-32-31-44(48-46(45)41-24-14-23-38(47(41)52-48)33-15-4-1-5-16-33)50(36-19-8-3-9-20-36)37-29-27-35(28-30-37)49(34-17-6-2-7-18-34)42-25-12-10-21-39(42)40-22-11-13-26-43(40)49/h1-32,51H. The predicted octanol–water partition coefficient (Wildman–Crippen LogP) is 12.8. The molecule has 0 saturated heterocycles. The van der Waals surface area contributed by atoms with Crippen molar-refractivity contribution in [3.05, 3.63) is 216 Å². The number of para-hydroxylation sites is 2. The zero-order valence-corrected chi connectivity index (χ0v) is 28.3. The molecule has 3 nitrogen and oxygen atoms in total. The van der Waals surface area contributed by atoms with Crippen molar-refractivity contribution in [1.29, 1.82) is 0 Å². The summed E-state index contributed by atoms with van der Waals surface area (Å²) < 4.78 is 6.83. The van der Waals surface area contributed by atoms with Crippen LogP contribution in [0.5, 0.6) is 5.75 Å². The fourth-order valence-electron chi connectivity index (χ4n) is 8.47. The van der Waals surface area contributed by atoms with Crippen LogP contribution >= 0.6 is 0 Å². The van der Waals surface area contributed by atoms with Gasteiger partial charge in [-0.25, -0.2) is 0 Å². The van der Waals surface area contributed by atoms with Gasteiger partial charge in [0.15, 0.2) is 5.58 Å². The Morgan fingerprint density at radius 1 is 0.423 bits per heavy atom. The Hall–Kier alpha value is -6.84. The maximum atomic E-state index is 11.3. The Morgan fingerprint density at radius 3 is 1.63 bits per heavy atom. The summed E-state index contributed by atoms with van der Waals surface area (Å²) in [6, 6.07) is 68.0. The van der Waals surface area contributed by atoms with Crippen molar-refractivity contribution >= 4 is 39.0 Å². The van der Waals surface area contributed by atoms with Gasteiger partial charge in [0.1, 0.15) is 11.3 Å².